The highest BCUT2D eigenvalue weighted by Gasteiger charge is 2.11. The Balaban J connectivity index is 1.85. The monoisotopic (exact) mass is 263 g/mol. The first-order valence-electron chi connectivity index (χ1n) is 5.45. The van der Waals surface area contributed by atoms with E-state index in [-0.39, 0.29) is 0 Å². The first kappa shape index (κ1) is 11.1. The van der Waals surface area contributed by atoms with Gasteiger partial charge in [0.05, 0.1) is 0 Å². The number of hydrogen-bond acceptors (Lipinski definition) is 5. The van der Waals surface area contributed by atoms with Crippen LogP contribution in [0.25, 0.3) is 0 Å². The molecule has 1 N–H and O–H groups in total. The van der Waals surface area contributed by atoms with E-state index in [1.807, 2.05) is 18.2 Å². The molecule has 5 nitrogen and oxygen atoms in total. The molecule has 6 heteroatoms. The smallest absolute Gasteiger partial charge is 0.163 e. The summed E-state index contributed by atoms with van der Waals surface area (Å²) in [4.78, 5) is 7.89. The summed E-state index contributed by atoms with van der Waals surface area (Å²) >= 11 is 5.79. The van der Waals surface area contributed by atoms with Gasteiger partial charge in [0.15, 0.2) is 11.5 Å². The molecule has 0 bridgehead atoms. The number of hydrogen-bond donors (Lipinski definition) is 1. The van der Waals surface area contributed by atoms with E-state index >= 15 is 0 Å². The van der Waals surface area contributed by atoms with Gasteiger partial charge in [-0.1, -0.05) is 11.6 Å². The van der Waals surface area contributed by atoms with Crippen molar-refractivity contribution >= 4 is 23.1 Å². The molecular formula is C12H10ClN3O2. The van der Waals surface area contributed by atoms with Gasteiger partial charge in [0, 0.05) is 17.8 Å². The molecule has 2 aromatic rings. The molecule has 1 aromatic heterocycles. The number of aromatic nitrogens is 2. The summed E-state index contributed by atoms with van der Waals surface area (Å²) in [6.45, 7) is 1.15. The molecule has 0 saturated heterocycles. The van der Waals surface area contributed by atoms with Crippen LogP contribution >= 0.6 is 11.6 Å². The molecule has 0 amide bonds. The average molecular weight is 264 g/mol. The van der Waals surface area contributed by atoms with Crippen LogP contribution in [-0.2, 0) is 0 Å². The highest BCUT2D eigenvalue weighted by molar-refractivity contribution is 6.29. The number of nitrogens with one attached hydrogen (secondary N) is 1. The summed E-state index contributed by atoms with van der Waals surface area (Å²) in [6, 6.07) is 7.27. The molecule has 1 aromatic carbocycles. The Hall–Kier alpha value is -2.01. The lowest BCUT2D eigenvalue weighted by Crippen LogP contribution is -2.15. The summed E-state index contributed by atoms with van der Waals surface area (Å²) < 4.78 is 10.9. The minimum Gasteiger partial charge on any atom is -0.486 e. The average Bonchev–Trinajstić information content (AvgIpc) is 2.39. The molecule has 2 heterocycles. The van der Waals surface area contributed by atoms with Crippen molar-refractivity contribution < 1.29 is 9.47 Å². The van der Waals surface area contributed by atoms with Gasteiger partial charge in [0.1, 0.15) is 30.5 Å². The molecule has 0 radical (unpaired) electrons. The van der Waals surface area contributed by atoms with Crippen LogP contribution in [0.1, 0.15) is 0 Å². The number of benzene rings is 1. The molecule has 1 aliphatic rings. The van der Waals surface area contributed by atoms with Crippen molar-refractivity contribution in [1.29, 1.82) is 0 Å². The molecule has 3 rings (SSSR count). The number of nitrogens with zero attached hydrogens (tertiary/aromatic N) is 2. The van der Waals surface area contributed by atoms with Crippen molar-refractivity contribution in [1.82, 2.24) is 9.97 Å². The predicted octanol–water partition coefficient (Wildman–Crippen LogP) is 2.64. The van der Waals surface area contributed by atoms with E-state index in [1.165, 1.54) is 6.33 Å². The number of fused-ring (bicyclic) bond motifs is 1. The molecule has 18 heavy (non-hydrogen) atoms. The predicted molar refractivity (Wildman–Crippen MR) is 67.8 cm³/mol. The first-order valence-corrected chi connectivity index (χ1v) is 5.83. The van der Waals surface area contributed by atoms with Crippen LogP contribution in [0.3, 0.4) is 0 Å². The van der Waals surface area contributed by atoms with Crippen molar-refractivity contribution in [3.8, 4) is 11.5 Å². The number of ether oxygens (including phenoxy) is 2. The van der Waals surface area contributed by atoms with Gasteiger partial charge >= 0.3 is 0 Å². The van der Waals surface area contributed by atoms with Crippen molar-refractivity contribution in [2.24, 2.45) is 0 Å². The van der Waals surface area contributed by atoms with E-state index in [0.717, 1.165) is 17.2 Å². The third-order valence-electron chi connectivity index (χ3n) is 2.45. The lowest BCUT2D eigenvalue weighted by Gasteiger charge is -2.19. The maximum atomic E-state index is 5.79. The Kier molecular flexibility index (Phi) is 2.90. The quantitative estimate of drug-likeness (QED) is 0.844. The van der Waals surface area contributed by atoms with Crippen LogP contribution in [-0.4, -0.2) is 23.2 Å². The molecule has 0 unspecified atom stereocenters. The SMILES string of the molecule is Clc1cc(Nc2ccc3c(c2)OCCO3)ncn1. The van der Waals surface area contributed by atoms with Crippen molar-refractivity contribution in [2.75, 3.05) is 18.5 Å². The normalized spacial score (nSPS) is 13.2. The Labute approximate surface area is 109 Å². The van der Waals surface area contributed by atoms with E-state index in [2.05, 4.69) is 15.3 Å². The maximum Gasteiger partial charge on any atom is 0.163 e. The number of rotatable bonds is 2. The van der Waals surface area contributed by atoms with Gasteiger partial charge < -0.3 is 14.8 Å². The van der Waals surface area contributed by atoms with Gasteiger partial charge in [-0.2, -0.15) is 0 Å². The van der Waals surface area contributed by atoms with Gasteiger partial charge in [-0.3, -0.25) is 0 Å². The lowest BCUT2D eigenvalue weighted by atomic mass is 10.2. The zero-order chi connectivity index (χ0) is 12.4. The fourth-order valence-corrected chi connectivity index (χ4v) is 1.82. The van der Waals surface area contributed by atoms with Gasteiger partial charge in [-0.05, 0) is 12.1 Å². The van der Waals surface area contributed by atoms with Crippen LogP contribution in [0.5, 0.6) is 11.5 Å². The number of anilines is 2. The first-order chi connectivity index (χ1) is 8.81. The molecule has 1 aliphatic heterocycles. The highest BCUT2D eigenvalue weighted by atomic mass is 35.5. The summed E-state index contributed by atoms with van der Waals surface area (Å²) in [5, 5.41) is 3.52. The zero-order valence-corrected chi connectivity index (χ0v) is 10.1. The van der Waals surface area contributed by atoms with Crippen molar-refractivity contribution in [3.05, 3.63) is 35.7 Å². The minimum absolute atomic E-state index is 0.394. The minimum atomic E-state index is 0.394. The van der Waals surface area contributed by atoms with Gasteiger partial charge in [-0.15, -0.1) is 0 Å². The van der Waals surface area contributed by atoms with Crippen LogP contribution in [0.15, 0.2) is 30.6 Å². The van der Waals surface area contributed by atoms with Crippen molar-refractivity contribution in [3.63, 3.8) is 0 Å². The summed E-state index contributed by atoms with van der Waals surface area (Å²) in [5.41, 5.74) is 0.856. The fourth-order valence-electron chi connectivity index (χ4n) is 1.67. The Morgan fingerprint density at radius 3 is 2.72 bits per heavy atom. The highest BCUT2D eigenvalue weighted by Crippen LogP contribution is 2.33. The Bertz CT molecular complexity index is 577. The molecule has 0 aliphatic carbocycles. The van der Waals surface area contributed by atoms with Gasteiger partial charge in [0.2, 0.25) is 0 Å². The molecular weight excluding hydrogens is 254 g/mol. The third-order valence-corrected chi connectivity index (χ3v) is 2.65. The van der Waals surface area contributed by atoms with E-state index in [4.69, 9.17) is 21.1 Å². The maximum absolute atomic E-state index is 5.79. The van der Waals surface area contributed by atoms with E-state index in [1.54, 1.807) is 6.07 Å². The summed E-state index contributed by atoms with van der Waals surface area (Å²) in [6.07, 6.45) is 1.41. The van der Waals surface area contributed by atoms with Crippen LogP contribution in [0.4, 0.5) is 11.5 Å². The third kappa shape index (κ3) is 2.31. The van der Waals surface area contributed by atoms with E-state index in [9.17, 15) is 0 Å². The van der Waals surface area contributed by atoms with Gasteiger partial charge in [-0.25, -0.2) is 9.97 Å². The Morgan fingerprint density at radius 1 is 1.06 bits per heavy atom. The summed E-state index contributed by atoms with van der Waals surface area (Å²) in [7, 11) is 0. The second kappa shape index (κ2) is 4.70. The topological polar surface area (TPSA) is 56.3 Å². The van der Waals surface area contributed by atoms with Crippen LogP contribution in [0, 0.1) is 0 Å². The van der Waals surface area contributed by atoms with Crippen molar-refractivity contribution in [2.45, 2.75) is 0 Å². The fraction of sp³-hybridized carbons (Fsp3) is 0.167. The lowest BCUT2D eigenvalue weighted by molar-refractivity contribution is 0.171. The van der Waals surface area contributed by atoms with Crippen LogP contribution < -0.4 is 14.8 Å². The largest absolute Gasteiger partial charge is 0.486 e. The zero-order valence-electron chi connectivity index (χ0n) is 9.39. The second-order valence-corrected chi connectivity index (χ2v) is 4.10. The standard InChI is InChI=1S/C12H10ClN3O2/c13-11-6-12(15-7-14-11)16-8-1-2-9-10(5-8)18-4-3-17-9/h1-2,5-7H,3-4H2,(H,14,15,16). The van der Waals surface area contributed by atoms with E-state index < -0.39 is 0 Å². The second-order valence-electron chi connectivity index (χ2n) is 3.71. The Morgan fingerprint density at radius 2 is 1.89 bits per heavy atom. The molecule has 0 saturated carbocycles. The molecule has 92 valence electrons. The summed E-state index contributed by atoms with van der Waals surface area (Å²) in [5.74, 6) is 2.12. The molecule has 0 fully saturated rings. The van der Waals surface area contributed by atoms with Gasteiger partial charge in [0.25, 0.3) is 0 Å². The van der Waals surface area contributed by atoms with Crippen LogP contribution in [0.2, 0.25) is 5.15 Å². The molecule has 0 atom stereocenters. The van der Waals surface area contributed by atoms with E-state index in [0.29, 0.717) is 24.2 Å². The molecule has 0 spiro atoms. The number of halogens is 1.